The van der Waals surface area contributed by atoms with Gasteiger partial charge in [-0.3, -0.25) is 4.99 Å². The van der Waals surface area contributed by atoms with E-state index < -0.39 is 0 Å². The number of nitrogens with zero attached hydrogens (tertiary/aromatic N) is 1. The summed E-state index contributed by atoms with van der Waals surface area (Å²) in [5, 5.41) is 0. The molecule has 0 unspecified atom stereocenters. The Labute approximate surface area is 79.7 Å². The topological polar surface area (TPSA) is 47.6 Å². The van der Waals surface area contributed by atoms with Crippen molar-refractivity contribution in [3.8, 4) is 0 Å². The molecule has 1 heterocycles. The zero-order valence-corrected chi connectivity index (χ0v) is 9.01. The first-order valence-electron chi connectivity index (χ1n) is 4.47. The molecular formula is C10H18N2O. The van der Waals surface area contributed by atoms with Gasteiger partial charge in [-0.15, -0.1) is 0 Å². The van der Waals surface area contributed by atoms with Crippen molar-refractivity contribution in [1.29, 1.82) is 0 Å². The molecule has 0 aromatic carbocycles. The Morgan fingerprint density at radius 1 is 1.38 bits per heavy atom. The molecule has 2 N–H and O–H groups in total. The minimum Gasteiger partial charge on any atom is -0.467 e. The second kappa shape index (κ2) is 2.76. The number of hydrogen-bond acceptors (Lipinski definition) is 3. The van der Waals surface area contributed by atoms with Gasteiger partial charge in [0.25, 0.3) is 0 Å². The summed E-state index contributed by atoms with van der Waals surface area (Å²) in [4.78, 5) is 4.55. The number of hydrogen-bond donors (Lipinski definition) is 1. The second-order valence-electron chi connectivity index (χ2n) is 4.83. The van der Waals surface area contributed by atoms with Gasteiger partial charge in [-0.25, -0.2) is 0 Å². The predicted molar refractivity (Wildman–Crippen MR) is 54.6 cm³/mol. The number of nitrogens with two attached hydrogens (primary N) is 1. The van der Waals surface area contributed by atoms with Crippen LogP contribution >= 0.6 is 0 Å². The van der Waals surface area contributed by atoms with E-state index in [-0.39, 0.29) is 11.1 Å². The van der Waals surface area contributed by atoms with E-state index in [4.69, 9.17) is 10.5 Å². The molecule has 1 rings (SSSR count). The van der Waals surface area contributed by atoms with Gasteiger partial charge in [0.2, 0.25) is 0 Å². The van der Waals surface area contributed by atoms with Gasteiger partial charge in [-0.1, -0.05) is 0 Å². The van der Waals surface area contributed by atoms with E-state index in [0.717, 1.165) is 5.71 Å². The lowest BCUT2D eigenvalue weighted by Gasteiger charge is -2.22. The fraction of sp³-hybridized carbons (Fsp3) is 0.700. The SMILES string of the molecule is CC(C)(C)N=C1C=C(N)OC1(C)C. The number of ether oxygens (including phenoxy) is 1. The number of aliphatic imine (C=N–C) groups is 1. The average Bonchev–Trinajstić information content (AvgIpc) is 2.00. The molecule has 0 spiro atoms. The molecule has 3 heteroatoms. The molecule has 1 aliphatic rings. The van der Waals surface area contributed by atoms with Crippen LogP contribution in [0.25, 0.3) is 0 Å². The molecule has 0 aromatic heterocycles. The van der Waals surface area contributed by atoms with Crippen LogP contribution in [0.3, 0.4) is 0 Å². The van der Waals surface area contributed by atoms with Crippen LogP contribution in [0, 0.1) is 0 Å². The lowest BCUT2D eigenvalue weighted by atomic mass is 10.0. The van der Waals surface area contributed by atoms with Crippen molar-refractivity contribution >= 4 is 5.71 Å². The Bertz CT molecular complexity index is 269. The molecule has 0 aromatic rings. The predicted octanol–water partition coefficient (Wildman–Crippen LogP) is 1.83. The molecule has 0 radical (unpaired) electrons. The van der Waals surface area contributed by atoms with Gasteiger partial charge in [0.05, 0.1) is 11.3 Å². The maximum atomic E-state index is 5.58. The van der Waals surface area contributed by atoms with Crippen LogP contribution in [0.4, 0.5) is 0 Å². The van der Waals surface area contributed by atoms with Crippen LogP contribution in [0.15, 0.2) is 17.0 Å². The Morgan fingerprint density at radius 3 is 2.23 bits per heavy atom. The largest absolute Gasteiger partial charge is 0.467 e. The Morgan fingerprint density at radius 2 is 1.92 bits per heavy atom. The van der Waals surface area contributed by atoms with Crippen molar-refractivity contribution in [3.63, 3.8) is 0 Å². The van der Waals surface area contributed by atoms with Crippen molar-refractivity contribution in [1.82, 2.24) is 0 Å². The summed E-state index contributed by atoms with van der Waals surface area (Å²) in [6, 6.07) is 0. The van der Waals surface area contributed by atoms with Gasteiger partial charge < -0.3 is 10.5 Å². The summed E-state index contributed by atoms with van der Waals surface area (Å²) >= 11 is 0. The van der Waals surface area contributed by atoms with Crippen LogP contribution in [-0.4, -0.2) is 16.9 Å². The van der Waals surface area contributed by atoms with E-state index in [1.165, 1.54) is 0 Å². The molecule has 0 amide bonds. The van der Waals surface area contributed by atoms with Crippen molar-refractivity contribution in [2.24, 2.45) is 10.7 Å². The van der Waals surface area contributed by atoms with Crippen molar-refractivity contribution in [2.45, 2.75) is 45.8 Å². The summed E-state index contributed by atoms with van der Waals surface area (Å²) in [7, 11) is 0. The van der Waals surface area contributed by atoms with Gasteiger partial charge in [0.15, 0.2) is 5.88 Å². The molecule has 3 nitrogen and oxygen atoms in total. The van der Waals surface area contributed by atoms with Crippen molar-refractivity contribution in [3.05, 3.63) is 12.0 Å². The van der Waals surface area contributed by atoms with Gasteiger partial charge >= 0.3 is 0 Å². The molecule has 0 fully saturated rings. The van der Waals surface area contributed by atoms with Gasteiger partial charge in [0.1, 0.15) is 5.60 Å². The maximum absolute atomic E-state index is 5.58. The van der Waals surface area contributed by atoms with Crippen molar-refractivity contribution < 1.29 is 4.74 Å². The minimum absolute atomic E-state index is 0.0862. The Hall–Kier alpha value is -0.990. The highest BCUT2D eigenvalue weighted by Gasteiger charge is 2.33. The minimum atomic E-state index is -0.378. The third kappa shape index (κ3) is 2.47. The molecule has 13 heavy (non-hydrogen) atoms. The highest BCUT2D eigenvalue weighted by atomic mass is 16.5. The monoisotopic (exact) mass is 182 g/mol. The molecule has 1 aliphatic heterocycles. The van der Waals surface area contributed by atoms with E-state index in [0.29, 0.717) is 5.88 Å². The standard InChI is InChI=1S/C10H18N2O/c1-9(2,3)12-7-6-8(11)13-10(7,4)5/h6H,11H2,1-5H3. The highest BCUT2D eigenvalue weighted by Crippen LogP contribution is 2.24. The second-order valence-corrected chi connectivity index (χ2v) is 4.83. The Balaban J connectivity index is 2.98. The molecule has 0 aliphatic carbocycles. The van der Waals surface area contributed by atoms with Crippen LogP contribution in [0.2, 0.25) is 0 Å². The lowest BCUT2D eigenvalue weighted by Crippen LogP contribution is -2.31. The van der Waals surface area contributed by atoms with E-state index in [1.807, 2.05) is 13.8 Å². The van der Waals surface area contributed by atoms with Gasteiger partial charge in [-0.05, 0) is 34.6 Å². The molecule has 0 bridgehead atoms. The van der Waals surface area contributed by atoms with Crippen LogP contribution in [0.1, 0.15) is 34.6 Å². The van der Waals surface area contributed by atoms with Gasteiger partial charge in [-0.2, -0.15) is 0 Å². The molecule has 74 valence electrons. The molecule has 0 atom stereocenters. The van der Waals surface area contributed by atoms with Crippen LogP contribution in [-0.2, 0) is 4.74 Å². The first-order chi connectivity index (χ1) is 5.71. The first-order valence-corrected chi connectivity index (χ1v) is 4.47. The summed E-state index contributed by atoms with van der Waals surface area (Å²) in [5.74, 6) is 0.452. The fourth-order valence-electron chi connectivity index (χ4n) is 1.21. The summed E-state index contributed by atoms with van der Waals surface area (Å²) in [6.45, 7) is 10.1. The van der Waals surface area contributed by atoms with E-state index in [1.54, 1.807) is 6.08 Å². The fourth-order valence-corrected chi connectivity index (χ4v) is 1.21. The third-order valence-electron chi connectivity index (χ3n) is 1.72. The third-order valence-corrected chi connectivity index (χ3v) is 1.72. The van der Waals surface area contributed by atoms with Gasteiger partial charge in [0, 0.05) is 6.08 Å². The number of rotatable bonds is 0. The molecular weight excluding hydrogens is 164 g/mol. The van der Waals surface area contributed by atoms with E-state index in [9.17, 15) is 0 Å². The highest BCUT2D eigenvalue weighted by molar-refractivity contribution is 6.03. The van der Waals surface area contributed by atoms with Crippen LogP contribution < -0.4 is 5.73 Å². The van der Waals surface area contributed by atoms with Crippen LogP contribution in [0.5, 0.6) is 0 Å². The Kier molecular flexibility index (Phi) is 2.14. The van der Waals surface area contributed by atoms with Crippen molar-refractivity contribution in [2.75, 3.05) is 0 Å². The summed E-state index contributed by atoms with van der Waals surface area (Å²) < 4.78 is 5.42. The zero-order chi connectivity index (χ0) is 10.3. The zero-order valence-electron chi connectivity index (χ0n) is 9.01. The molecule has 0 saturated carbocycles. The summed E-state index contributed by atoms with van der Waals surface area (Å²) in [5.41, 5.74) is 6.03. The lowest BCUT2D eigenvalue weighted by molar-refractivity contribution is 0.107. The van der Waals surface area contributed by atoms with E-state index >= 15 is 0 Å². The van der Waals surface area contributed by atoms with E-state index in [2.05, 4.69) is 25.8 Å². The smallest absolute Gasteiger partial charge is 0.187 e. The normalized spacial score (nSPS) is 24.4. The average molecular weight is 182 g/mol. The first kappa shape index (κ1) is 10.1. The molecule has 0 saturated heterocycles. The quantitative estimate of drug-likeness (QED) is 0.621. The maximum Gasteiger partial charge on any atom is 0.187 e. The summed E-state index contributed by atoms with van der Waals surface area (Å²) in [6.07, 6.45) is 1.80.